The van der Waals surface area contributed by atoms with E-state index in [1.54, 1.807) is 14.2 Å². The zero-order valence-corrected chi connectivity index (χ0v) is 10.9. The minimum atomic E-state index is 0.0974. The first-order valence-corrected chi connectivity index (χ1v) is 6.12. The summed E-state index contributed by atoms with van der Waals surface area (Å²) in [6.07, 6.45) is 2.15. The van der Waals surface area contributed by atoms with Crippen molar-refractivity contribution in [2.45, 2.75) is 12.6 Å². The van der Waals surface area contributed by atoms with Crippen molar-refractivity contribution in [3.63, 3.8) is 0 Å². The summed E-state index contributed by atoms with van der Waals surface area (Å²) in [6.45, 7) is 2.22. The molecule has 0 amide bonds. The fourth-order valence-electron chi connectivity index (χ4n) is 2.04. The monoisotopic (exact) mass is 248 g/mol. The number of methoxy groups -OCH3 is 2. The van der Waals surface area contributed by atoms with Crippen LogP contribution in [0.4, 0.5) is 0 Å². The van der Waals surface area contributed by atoms with Crippen LogP contribution in [-0.2, 0) is 16.0 Å². The van der Waals surface area contributed by atoms with Crippen molar-refractivity contribution in [1.82, 2.24) is 10.3 Å². The Morgan fingerprint density at radius 3 is 2.89 bits per heavy atom. The third-order valence-electron chi connectivity index (χ3n) is 3.05. The van der Waals surface area contributed by atoms with E-state index in [1.807, 2.05) is 6.07 Å². The summed E-state index contributed by atoms with van der Waals surface area (Å²) < 4.78 is 10.4. The summed E-state index contributed by atoms with van der Waals surface area (Å²) >= 11 is 0. The molecule has 18 heavy (non-hydrogen) atoms. The number of fused-ring (bicyclic) bond motifs is 1. The number of para-hydroxylation sites is 1. The second-order valence-corrected chi connectivity index (χ2v) is 4.30. The van der Waals surface area contributed by atoms with Gasteiger partial charge in [-0.25, -0.2) is 0 Å². The average molecular weight is 248 g/mol. The number of nitrogens with one attached hydrogen (secondary N) is 2. The van der Waals surface area contributed by atoms with Crippen LogP contribution in [0.25, 0.3) is 10.9 Å². The molecule has 0 saturated carbocycles. The number of ether oxygens (including phenoxy) is 2. The third-order valence-corrected chi connectivity index (χ3v) is 3.05. The molecule has 0 bridgehead atoms. The maximum Gasteiger partial charge on any atom is 0.0928 e. The van der Waals surface area contributed by atoms with Gasteiger partial charge in [-0.3, -0.25) is 0 Å². The van der Waals surface area contributed by atoms with E-state index in [4.69, 9.17) is 9.47 Å². The Hall–Kier alpha value is -1.36. The van der Waals surface area contributed by atoms with Gasteiger partial charge in [0.25, 0.3) is 0 Å². The van der Waals surface area contributed by atoms with E-state index >= 15 is 0 Å². The molecule has 2 rings (SSSR count). The minimum Gasteiger partial charge on any atom is -0.382 e. The van der Waals surface area contributed by atoms with Crippen molar-refractivity contribution >= 4 is 10.9 Å². The molecule has 4 nitrogen and oxygen atoms in total. The van der Waals surface area contributed by atoms with Crippen LogP contribution in [0.3, 0.4) is 0 Å². The number of hydrogen-bond donors (Lipinski definition) is 2. The standard InChI is InChI=1S/C14H20N2O2/c1-17-10-12(18-2)9-15-7-11-8-16-14-6-4-3-5-13(11)14/h3-6,8,12,15-16H,7,9-10H2,1-2H3. The maximum atomic E-state index is 5.30. The van der Waals surface area contributed by atoms with E-state index in [-0.39, 0.29) is 6.10 Å². The van der Waals surface area contributed by atoms with E-state index in [0.29, 0.717) is 6.61 Å². The van der Waals surface area contributed by atoms with Gasteiger partial charge in [0, 0.05) is 44.4 Å². The van der Waals surface area contributed by atoms with Gasteiger partial charge in [0.15, 0.2) is 0 Å². The Morgan fingerprint density at radius 1 is 1.28 bits per heavy atom. The highest BCUT2D eigenvalue weighted by atomic mass is 16.5. The Bertz CT molecular complexity index is 481. The first kappa shape index (κ1) is 13.1. The highest BCUT2D eigenvalue weighted by molar-refractivity contribution is 5.82. The van der Waals surface area contributed by atoms with Crippen LogP contribution in [0, 0.1) is 0 Å². The smallest absolute Gasteiger partial charge is 0.0928 e. The first-order chi connectivity index (χ1) is 8.85. The highest BCUT2D eigenvalue weighted by Crippen LogP contribution is 2.17. The largest absolute Gasteiger partial charge is 0.382 e. The van der Waals surface area contributed by atoms with E-state index < -0.39 is 0 Å². The number of aromatic amines is 1. The zero-order valence-electron chi connectivity index (χ0n) is 10.9. The zero-order chi connectivity index (χ0) is 12.8. The molecule has 0 radical (unpaired) electrons. The number of aromatic nitrogens is 1. The fourth-order valence-corrected chi connectivity index (χ4v) is 2.04. The Balaban J connectivity index is 1.90. The van der Waals surface area contributed by atoms with Crippen LogP contribution in [-0.4, -0.2) is 38.5 Å². The SMILES string of the molecule is COCC(CNCc1c[nH]c2ccccc12)OC. The van der Waals surface area contributed by atoms with E-state index in [0.717, 1.165) is 13.1 Å². The van der Waals surface area contributed by atoms with Gasteiger partial charge in [0.2, 0.25) is 0 Å². The summed E-state index contributed by atoms with van der Waals surface area (Å²) in [5.74, 6) is 0. The van der Waals surface area contributed by atoms with Crippen molar-refractivity contribution in [2.75, 3.05) is 27.4 Å². The van der Waals surface area contributed by atoms with Crippen LogP contribution in [0.5, 0.6) is 0 Å². The lowest BCUT2D eigenvalue weighted by Crippen LogP contribution is -2.31. The van der Waals surface area contributed by atoms with Gasteiger partial charge in [-0.05, 0) is 11.6 Å². The summed E-state index contributed by atoms with van der Waals surface area (Å²) in [7, 11) is 3.39. The van der Waals surface area contributed by atoms with Gasteiger partial charge in [0.1, 0.15) is 0 Å². The van der Waals surface area contributed by atoms with Crippen molar-refractivity contribution in [3.05, 3.63) is 36.0 Å². The van der Waals surface area contributed by atoms with Crippen molar-refractivity contribution in [1.29, 1.82) is 0 Å². The van der Waals surface area contributed by atoms with Gasteiger partial charge in [0.05, 0.1) is 12.7 Å². The van der Waals surface area contributed by atoms with Crippen molar-refractivity contribution in [3.8, 4) is 0 Å². The fraction of sp³-hybridized carbons (Fsp3) is 0.429. The Morgan fingerprint density at radius 2 is 2.11 bits per heavy atom. The molecule has 0 fully saturated rings. The van der Waals surface area contributed by atoms with Crippen molar-refractivity contribution in [2.24, 2.45) is 0 Å². The van der Waals surface area contributed by atoms with Crippen LogP contribution in [0.2, 0.25) is 0 Å². The Kier molecular flexibility index (Phi) is 4.75. The lowest BCUT2D eigenvalue weighted by Gasteiger charge is -2.14. The molecule has 1 heterocycles. The quantitative estimate of drug-likeness (QED) is 0.787. The second kappa shape index (κ2) is 6.54. The lowest BCUT2D eigenvalue weighted by molar-refractivity contribution is 0.0288. The summed E-state index contributed by atoms with van der Waals surface area (Å²) in [4.78, 5) is 3.27. The molecule has 2 aromatic rings. The van der Waals surface area contributed by atoms with Crippen molar-refractivity contribution < 1.29 is 9.47 Å². The predicted molar refractivity (Wildman–Crippen MR) is 72.7 cm³/mol. The maximum absolute atomic E-state index is 5.30. The average Bonchev–Trinajstić information content (AvgIpc) is 2.81. The van der Waals surface area contributed by atoms with Crippen LogP contribution in [0.15, 0.2) is 30.5 Å². The molecule has 0 aliphatic carbocycles. The molecule has 4 heteroatoms. The molecule has 98 valence electrons. The molecular weight excluding hydrogens is 228 g/mol. The molecule has 0 aliphatic heterocycles. The molecule has 1 atom stereocenters. The number of H-pyrrole nitrogens is 1. The summed E-state index contributed by atoms with van der Waals surface area (Å²) in [6, 6.07) is 8.31. The molecule has 1 aromatic heterocycles. The van der Waals surface area contributed by atoms with E-state index in [2.05, 4.69) is 34.7 Å². The number of benzene rings is 1. The Labute approximate surface area is 107 Å². The van der Waals surface area contributed by atoms with E-state index in [1.165, 1.54) is 16.5 Å². The molecule has 1 aromatic carbocycles. The molecule has 0 aliphatic rings. The number of rotatable bonds is 7. The van der Waals surface area contributed by atoms with Gasteiger partial charge >= 0.3 is 0 Å². The van der Waals surface area contributed by atoms with Crippen LogP contribution >= 0.6 is 0 Å². The number of hydrogen-bond acceptors (Lipinski definition) is 3. The summed E-state index contributed by atoms with van der Waals surface area (Å²) in [5, 5.41) is 4.66. The van der Waals surface area contributed by atoms with Gasteiger partial charge < -0.3 is 19.8 Å². The van der Waals surface area contributed by atoms with Gasteiger partial charge in [-0.1, -0.05) is 18.2 Å². The van der Waals surface area contributed by atoms with E-state index in [9.17, 15) is 0 Å². The van der Waals surface area contributed by atoms with Crippen LogP contribution in [0.1, 0.15) is 5.56 Å². The molecule has 1 unspecified atom stereocenters. The first-order valence-electron chi connectivity index (χ1n) is 6.12. The molecule has 0 spiro atoms. The molecule has 2 N–H and O–H groups in total. The van der Waals surface area contributed by atoms with Gasteiger partial charge in [-0.2, -0.15) is 0 Å². The predicted octanol–water partition coefficient (Wildman–Crippen LogP) is 1.92. The highest BCUT2D eigenvalue weighted by Gasteiger charge is 2.07. The lowest BCUT2D eigenvalue weighted by atomic mass is 10.2. The van der Waals surface area contributed by atoms with Gasteiger partial charge in [-0.15, -0.1) is 0 Å². The topological polar surface area (TPSA) is 46.3 Å². The third kappa shape index (κ3) is 3.10. The molecular formula is C14H20N2O2. The minimum absolute atomic E-state index is 0.0974. The normalized spacial score (nSPS) is 13.0. The second-order valence-electron chi connectivity index (χ2n) is 4.30. The van der Waals surface area contributed by atoms with Crippen LogP contribution < -0.4 is 5.32 Å². The summed E-state index contributed by atoms with van der Waals surface area (Å²) in [5.41, 5.74) is 2.45. The molecule has 0 saturated heterocycles.